The lowest BCUT2D eigenvalue weighted by Crippen LogP contribution is -2.42. The fourth-order valence-electron chi connectivity index (χ4n) is 2.80. The van der Waals surface area contributed by atoms with Crippen molar-refractivity contribution in [3.05, 3.63) is 53.7 Å². The summed E-state index contributed by atoms with van der Waals surface area (Å²) in [4.78, 5) is 23.9. The molecule has 1 aliphatic rings. The van der Waals surface area contributed by atoms with E-state index in [-0.39, 0.29) is 42.0 Å². The Morgan fingerprint density at radius 1 is 1.14 bits per heavy atom. The van der Waals surface area contributed by atoms with Gasteiger partial charge in [0.1, 0.15) is 23.9 Å². The van der Waals surface area contributed by atoms with Gasteiger partial charge in [0.05, 0.1) is 11.5 Å². The van der Waals surface area contributed by atoms with Crippen molar-refractivity contribution in [2.45, 2.75) is 19.4 Å². The van der Waals surface area contributed by atoms with Gasteiger partial charge < -0.3 is 9.15 Å². The van der Waals surface area contributed by atoms with E-state index in [2.05, 4.69) is 10.9 Å². The SMILES string of the molecule is O=C(C[C@H]1CCS(=O)(=O)C1)NNC(=O)c1ccc(COc2ccc(F)cc2)o1. The van der Waals surface area contributed by atoms with E-state index >= 15 is 0 Å². The first-order valence-corrected chi connectivity index (χ1v) is 10.4. The summed E-state index contributed by atoms with van der Waals surface area (Å²) >= 11 is 0. The van der Waals surface area contributed by atoms with Gasteiger partial charge >= 0.3 is 5.91 Å². The van der Waals surface area contributed by atoms with Crippen LogP contribution in [-0.2, 0) is 21.2 Å². The average Bonchev–Trinajstić information content (AvgIpc) is 3.25. The molecule has 0 bridgehead atoms. The van der Waals surface area contributed by atoms with Gasteiger partial charge in [-0.1, -0.05) is 0 Å². The first kappa shape index (κ1) is 19.9. The number of amides is 2. The van der Waals surface area contributed by atoms with Crippen molar-refractivity contribution in [2.75, 3.05) is 11.5 Å². The lowest BCUT2D eigenvalue weighted by atomic mass is 10.1. The lowest BCUT2D eigenvalue weighted by Gasteiger charge is -2.09. The van der Waals surface area contributed by atoms with Gasteiger partial charge in [-0.25, -0.2) is 12.8 Å². The Bertz CT molecular complexity index is 955. The number of rotatable bonds is 6. The molecule has 1 aliphatic heterocycles. The van der Waals surface area contributed by atoms with Gasteiger partial charge in [-0.15, -0.1) is 0 Å². The molecule has 28 heavy (non-hydrogen) atoms. The monoisotopic (exact) mass is 410 g/mol. The summed E-state index contributed by atoms with van der Waals surface area (Å²) in [5, 5.41) is 0. The standard InChI is InChI=1S/C18H19FN2O6S/c19-13-1-3-14(4-2-13)26-10-15-5-6-16(27-15)18(23)21-20-17(22)9-12-7-8-28(24,25)11-12/h1-6,12H,7-11H2,(H,20,22)(H,21,23)/t12-/m1/s1. The predicted molar refractivity (Wildman–Crippen MR) is 96.4 cm³/mol. The first-order valence-electron chi connectivity index (χ1n) is 8.57. The highest BCUT2D eigenvalue weighted by atomic mass is 32.2. The number of carbonyl (C=O) groups excluding carboxylic acids is 2. The van der Waals surface area contributed by atoms with E-state index in [1.807, 2.05) is 0 Å². The van der Waals surface area contributed by atoms with Crippen LogP contribution in [0.15, 0.2) is 40.8 Å². The summed E-state index contributed by atoms with van der Waals surface area (Å²) in [5.41, 5.74) is 4.47. The maximum atomic E-state index is 12.8. The lowest BCUT2D eigenvalue weighted by molar-refractivity contribution is -0.122. The van der Waals surface area contributed by atoms with E-state index in [1.54, 1.807) is 6.07 Å². The Morgan fingerprint density at radius 3 is 2.57 bits per heavy atom. The molecule has 2 amide bonds. The van der Waals surface area contributed by atoms with E-state index in [0.29, 0.717) is 17.9 Å². The van der Waals surface area contributed by atoms with E-state index < -0.39 is 21.7 Å². The first-order chi connectivity index (χ1) is 13.3. The third kappa shape index (κ3) is 5.56. The van der Waals surface area contributed by atoms with Crippen molar-refractivity contribution in [3.63, 3.8) is 0 Å². The van der Waals surface area contributed by atoms with Crippen LogP contribution in [0.4, 0.5) is 4.39 Å². The van der Waals surface area contributed by atoms with Gasteiger partial charge in [-0.05, 0) is 48.7 Å². The van der Waals surface area contributed by atoms with Crippen LogP contribution in [0.3, 0.4) is 0 Å². The molecule has 0 saturated carbocycles. The Hall–Kier alpha value is -2.88. The van der Waals surface area contributed by atoms with Crippen LogP contribution in [0.2, 0.25) is 0 Å². The number of carbonyl (C=O) groups is 2. The zero-order valence-electron chi connectivity index (χ0n) is 14.8. The predicted octanol–water partition coefficient (Wildman–Crippen LogP) is 1.58. The normalized spacial score (nSPS) is 17.8. The molecule has 150 valence electrons. The number of hydrogen-bond donors (Lipinski definition) is 2. The van der Waals surface area contributed by atoms with Gasteiger partial charge in [0.2, 0.25) is 5.91 Å². The van der Waals surface area contributed by atoms with Crippen LogP contribution in [0.1, 0.15) is 29.2 Å². The third-order valence-corrected chi connectivity index (χ3v) is 6.03. The molecule has 1 atom stereocenters. The number of hydrogen-bond acceptors (Lipinski definition) is 6. The van der Waals surface area contributed by atoms with Crippen molar-refractivity contribution in [3.8, 4) is 5.75 Å². The molecular weight excluding hydrogens is 391 g/mol. The van der Waals surface area contributed by atoms with E-state index in [4.69, 9.17) is 9.15 Å². The van der Waals surface area contributed by atoms with Gasteiger partial charge in [-0.2, -0.15) is 0 Å². The summed E-state index contributed by atoms with van der Waals surface area (Å²) in [6.07, 6.45) is 0.466. The largest absolute Gasteiger partial charge is 0.486 e. The van der Waals surface area contributed by atoms with Gasteiger partial charge in [-0.3, -0.25) is 20.4 Å². The second kappa shape index (κ2) is 8.42. The maximum absolute atomic E-state index is 12.8. The smallest absolute Gasteiger partial charge is 0.305 e. The van der Waals surface area contributed by atoms with E-state index in [0.717, 1.165) is 0 Å². The quantitative estimate of drug-likeness (QED) is 0.699. The maximum Gasteiger partial charge on any atom is 0.305 e. The molecule has 2 N–H and O–H groups in total. The topological polar surface area (TPSA) is 115 Å². The number of furan rings is 1. The summed E-state index contributed by atoms with van der Waals surface area (Å²) in [6.45, 7) is 0.0431. The zero-order chi connectivity index (χ0) is 20.1. The van der Waals surface area contributed by atoms with Crippen LogP contribution in [0, 0.1) is 11.7 Å². The summed E-state index contributed by atoms with van der Waals surface area (Å²) in [6, 6.07) is 8.44. The highest BCUT2D eigenvalue weighted by Gasteiger charge is 2.29. The molecule has 2 aromatic rings. The Labute approximate surface area is 160 Å². The second-order valence-electron chi connectivity index (χ2n) is 6.48. The minimum atomic E-state index is -3.05. The number of ether oxygens (including phenoxy) is 1. The molecule has 2 heterocycles. The molecule has 0 radical (unpaired) electrons. The highest BCUT2D eigenvalue weighted by Crippen LogP contribution is 2.21. The molecule has 0 spiro atoms. The molecule has 0 aliphatic carbocycles. The van der Waals surface area contributed by atoms with E-state index in [9.17, 15) is 22.4 Å². The molecule has 1 saturated heterocycles. The Balaban J connectivity index is 1.43. The van der Waals surface area contributed by atoms with Gasteiger partial charge in [0.25, 0.3) is 0 Å². The summed E-state index contributed by atoms with van der Waals surface area (Å²) < 4.78 is 46.4. The number of hydrazine groups is 1. The molecule has 1 aromatic heterocycles. The second-order valence-corrected chi connectivity index (χ2v) is 8.71. The number of halogens is 1. The van der Waals surface area contributed by atoms with Crippen LogP contribution in [0.25, 0.3) is 0 Å². The average molecular weight is 410 g/mol. The molecule has 8 nitrogen and oxygen atoms in total. The molecule has 3 rings (SSSR count). The van der Waals surface area contributed by atoms with E-state index in [1.165, 1.54) is 30.3 Å². The Kier molecular flexibility index (Phi) is 5.98. The minimum Gasteiger partial charge on any atom is -0.486 e. The van der Waals surface area contributed by atoms with Crippen molar-refractivity contribution in [2.24, 2.45) is 5.92 Å². The minimum absolute atomic E-state index is 0.00995. The molecule has 1 fully saturated rings. The fraction of sp³-hybridized carbons (Fsp3) is 0.333. The molecular formula is C18H19FN2O6S. The summed E-state index contributed by atoms with van der Waals surface area (Å²) in [7, 11) is -3.05. The van der Waals surface area contributed by atoms with Crippen molar-refractivity contribution in [1.29, 1.82) is 0 Å². The molecule has 10 heteroatoms. The Morgan fingerprint density at radius 2 is 1.89 bits per heavy atom. The number of nitrogens with one attached hydrogen (secondary N) is 2. The van der Waals surface area contributed by atoms with Gasteiger partial charge in [0, 0.05) is 6.42 Å². The zero-order valence-corrected chi connectivity index (χ0v) is 15.6. The van der Waals surface area contributed by atoms with Crippen molar-refractivity contribution >= 4 is 21.7 Å². The van der Waals surface area contributed by atoms with Crippen LogP contribution < -0.4 is 15.6 Å². The molecule has 1 aromatic carbocycles. The highest BCUT2D eigenvalue weighted by molar-refractivity contribution is 7.91. The van der Waals surface area contributed by atoms with Gasteiger partial charge in [0.15, 0.2) is 15.6 Å². The van der Waals surface area contributed by atoms with Crippen molar-refractivity contribution in [1.82, 2.24) is 10.9 Å². The van der Waals surface area contributed by atoms with Crippen LogP contribution in [-0.4, -0.2) is 31.7 Å². The van der Waals surface area contributed by atoms with Crippen molar-refractivity contribution < 1.29 is 31.6 Å². The molecule has 0 unspecified atom stereocenters. The number of benzene rings is 1. The number of sulfone groups is 1. The third-order valence-electron chi connectivity index (χ3n) is 4.20. The fourth-order valence-corrected chi connectivity index (χ4v) is 4.66. The van der Waals surface area contributed by atoms with Crippen LogP contribution in [0.5, 0.6) is 5.75 Å². The van der Waals surface area contributed by atoms with Crippen LogP contribution >= 0.6 is 0 Å². The summed E-state index contributed by atoms with van der Waals surface area (Å²) in [5.74, 6) is -0.858.